The minimum atomic E-state index is -0.663. The first kappa shape index (κ1) is 21.8. The zero-order chi connectivity index (χ0) is 21.7. The molecule has 0 aromatic heterocycles. The normalized spacial score (nSPS) is 21.0. The van der Waals surface area contributed by atoms with Gasteiger partial charge in [-0.25, -0.2) is 4.39 Å². The third-order valence-electron chi connectivity index (χ3n) is 6.33. The summed E-state index contributed by atoms with van der Waals surface area (Å²) in [4.78, 5) is 14.3. The Labute approximate surface area is 183 Å². The van der Waals surface area contributed by atoms with Gasteiger partial charge in [-0.2, -0.15) is 0 Å². The van der Waals surface area contributed by atoms with Crippen LogP contribution in [-0.2, 0) is 21.6 Å². The summed E-state index contributed by atoms with van der Waals surface area (Å²) in [5.41, 5.74) is 1.05. The Morgan fingerprint density at radius 1 is 1.19 bits per heavy atom. The van der Waals surface area contributed by atoms with Gasteiger partial charge in [0.05, 0.1) is 11.6 Å². The van der Waals surface area contributed by atoms with Gasteiger partial charge in [0.25, 0.3) is 0 Å². The number of ether oxygens (including phenoxy) is 2. The van der Waals surface area contributed by atoms with E-state index in [0.717, 1.165) is 50.4 Å². The molecule has 1 amide bonds. The second-order valence-electron chi connectivity index (χ2n) is 8.57. The first-order chi connectivity index (χ1) is 15.1. The van der Waals surface area contributed by atoms with E-state index in [0.29, 0.717) is 25.0 Å². The summed E-state index contributed by atoms with van der Waals surface area (Å²) in [6, 6.07) is 14.9. The molecule has 0 saturated carbocycles. The van der Waals surface area contributed by atoms with E-state index in [1.165, 1.54) is 13.0 Å². The number of amides is 1. The number of likely N-dealkylation sites (tertiary alicyclic amines) is 1. The molecule has 5 nitrogen and oxygen atoms in total. The number of benzene rings is 2. The molecule has 4 rings (SSSR count). The lowest BCUT2D eigenvalue weighted by atomic mass is 9.80. The molecule has 1 N–H and O–H groups in total. The number of hydrogen-bond acceptors (Lipinski definition) is 4. The van der Waals surface area contributed by atoms with Gasteiger partial charge in [-0.1, -0.05) is 36.4 Å². The molecule has 0 spiro atoms. The van der Waals surface area contributed by atoms with Crippen molar-refractivity contribution in [2.75, 3.05) is 26.3 Å². The van der Waals surface area contributed by atoms with Crippen LogP contribution in [0.4, 0.5) is 4.39 Å². The number of rotatable bonds is 7. The summed E-state index contributed by atoms with van der Waals surface area (Å²) in [6.45, 7) is 5.17. The molecule has 2 aromatic carbocycles. The van der Waals surface area contributed by atoms with Gasteiger partial charge in [0.15, 0.2) is 0 Å². The molecular weight excluding hydrogens is 395 g/mol. The molecule has 2 heterocycles. The van der Waals surface area contributed by atoms with Crippen molar-refractivity contribution >= 4 is 5.91 Å². The first-order valence-corrected chi connectivity index (χ1v) is 11.1. The van der Waals surface area contributed by atoms with E-state index in [-0.39, 0.29) is 17.8 Å². The highest BCUT2D eigenvalue weighted by Crippen LogP contribution is 2.35. The van der Waals surface area contributed by atoms with E-state index in [2.05, 4.69) is 16.3 Å². The Bertz CT molecular complexity index is 890. The molecule has 2 aromatic rings. The number of piperidine rings is 1. The number of nitrogens with zero attached hydrogens (tertiary/aromatic N) is 1. The van der Waals surface area contributed by atoms with Crippen LogP contribution in [0.2, 0.25) is 0 Å². The quantitative estimate of drug-likeness (QED) is 0.727. The van der Waals surface area contributed by atoms with Gasteiger partial charge >= 0.3 is 0 Å². The number of carbonyl (C=O) groups excluding carboxylic acids is 1. The van der Waals surface area contributed by atoms with Crippen LogP contribution >= 0.6 is 0 Å². The molecule has 0 bridgehead atoms. The number of hydrogen-bond donors (Lipinski definition) is 1. The minimum absolute atomic E-state index is 0.135. The molecule has 0 aliphatic carbocycles. The second kappa shape index (κ2) is 9.79. The fourth-order valence-corrected chi connectivity index (χ4v) is 4.72. The van der Waals surface area contributed by atoms with Crippen LogP contribution in [0.3, 0.4) is 0 Å². The molecule has 2 aliphatic rings. The van der Waals surface area contributed by atoms with Gasteiger partial charge in [0.2, 0.25) is 5.91 Å². The fraction of sp³-hybridized carbons (Fsp3) is 0.480. The van der Waals surface area contributed by atoms with E-state index >= 15 is 0 Å². The van der Waals surface area contributed by atoms with Gasteiger partial charge in [0, 0.05) is 44.3 Å². The van der Waals surface area contributed by atoms with Crippen molar-refractivity contribution in [3.63, 3.8) is 0 Å². The van der Waals surface area contributed by atoms with Crippen molar-refractivity contribution in [3.05, 3.63) is 65.5 Å². The number of nitrogens with one attached hydrogen (secondary N) is 1. The summed E-state index contributed by atoms with van der Waals surface area (Å²) in [5.74, 6) is 0.493. The lowest BCUT2D eigenvalue weighted by molar-refractivity contribution is -0.121. The molecule has 2 fully saturated rings. The predicted octanol–water partition coefficient (Wildman–Crippen LogP) is 4.01. The van der Waals surface area contributed by atoms with Gasteiger partial charge < -0.3 is 14.8 Å². The van der Waals surface area contributed by atoms with Crippen molar-refractivity contribution in [1.82, 2.24) is 10.2 Å². The lowest BCUT2D eigenvalue weighted by Crippen LogP contribution is -2.52. The topological polar surface area (TPSA) is 50.8 Å². The first-order valence-electron chi connectivity index (χ1n) is 11.1. The zero-order valence-electron chi connectivity index (χ0n) is 18.1. The Morgan fingerprint density at radius 2 is 1.94 bits per heavy atom. The maximum Gasteiger partial charge on any atom is 0.217 e. The standard InChI is InChI=1S/C25H31FN2O3/c1-19(29)27-25(22-9-3-4-10-23(22)26)12-14-28(15-13-25)17-20-7-2-5-11-24(20)31-18-21-8-6-16-30-21/h2-5,7,9-11,21H,6,8,12-18H2,1H3,(H,27,29). The van der Waals surface area contributed by atoms with Gasteiger partial charge in [-0.05, 0) is 37.8 Å². The highest BCUT2D eigenvalue weighted by atomic mass is 19.1. The SMILES string of the molecule is CC(=O)NC1(c2ccccc2F)CCN(Cc2ccccc2OCC2CCCO2)CC1. The molecule has 1 atom stereocenters. The van der Waals surface area contributed by atoms with Crippen LogP contribution < -0.4 is 10.1 Å². The van der Waals surface area contributed by atoms with Crippen LogP contribution in [0.5, 0.6) is 5.75 Å². The minimum Gasteiger partial charge on any atom is -0.491 e. The summed E-state index contributed by atoms with van der Waals surface area (Å²) < 4.78 is 26.3. The highest BCUT2D eigenvalue weighted by molar-refractivity contribution is 5.74. The number of para-hydroxylation sites is 1. The smallest absolute Gasteiger partial charge is 0.217 e. The van der Waals surface area contributed by atoms with Gasteiger partial charge in [-0.15, -0.1) is 0 Å². The van der Waals surface area contributed by atoms with E-state index < -0.39 is 5.54 Å². The molecule has 31 heavy (non-hydrogen) atoms. The zero-order valence-corrected chi connectivity index (χ0v) is 18.1. The van der Waals surface area contributed by atoms with Crippen LogP contribution in [0, 0.1) is 5.82 Å². The van der Waals surface area contributed by atoms with Crippen LogP contribution in [0.15, 0.2) is 48.5 Å². The van der Waals surface area contributed by atoms with Crippen LogP contribution in [-0.4, -0.2) is 43.2 Å². The van der Waals surface area contributed by atoms with E-state index in [1.807, 2.05) is 24.3 Å². The lowest BCUT2D eigenvalue weighted by Gasteiger charge is -2.43. The molecule has 1 unspecified atom stereocenters. The fourth-order valence-electron chi connectivity index (χ4n) is 4.72. The van der Waals surface area contributed by atoms with Crippen molar-refractivity contribution in [3.8, 4) is 5.75 Å². The van der Waals surface area contributed by atoms with Crippen LogP contribution in [0.25, 0.3) is 0 Å². The molecule has 6 heteroatoms. The Morgan fingerprint density at radius 3 is 2.65 bits per heavy atom. The number of carbonyl (C=O) groups is 1. The van der Waals surface area contributed by atoms with E-state index in [4.69, 9.17) is 9.47 Å². The van der Waals surface area contributed by atoms with Crippen molar-refractivity contribution in [2.24, 2.45) is 0 Å². The average Bonchev–Trinajstić information content (AvgIpc) is 3.28. The molecule has 166 valence electrons. The highest BCUT2D eigenvalue weighted by Gasteiger charge is 2.38. The summed E-state index contributed by atoms with van der Waals surface area (Å²) in [5, 5.41) is 3.06. The maximum absolute atomic E-state index is 14.6. The van der Waals surface area contributed by atoms with Crippen molar-refractivity contribution in [1.29, 1.82) is 0 Å². The Hall–Kier alpha value is -2.44. The van der Waals surface area contributed by atoms with Crippen molar-refractivity contribution < 1.29 is 18.7 Å². The van der Waals surface area contributed by atoms with Crippen molar-refractivity contribution in [2.45, 2.75) is 50.8 Å². The predicted molar refractivity (Wildman–Crippen MR) is 117 cm³/mol. The number of halogens is 1. The Kier molecular flexibility index (Phi) is 6.88. The second-order valence-corrected chi connectivity index (χ2v) is 8.57. The monoisotopic (exact) mass is 426 g/mol. The van der Waals surface area contributed by atoms with Gasteiger partial charge in [-0.3, -0.25) is 9.69 Å². The largest absolute Gasteiger partial charge is 0.491 e. The summed E-state index contributed by atoms with van der Waals surface area (Å²) in [7, 11) is 0. The third-order valence-corrected chi connectivity index (χ3v) is 6.33. The molecule has 2 aliphatic heterocycles. The maximum atomic E-state index is 14.6. The third kappa shape index (κ3) is 5.25. The molecule has 0 radical (unpaired) electrons. The average molecular weight is 427 g/mol. The Balaban J connectivity index is 1.42. The summed E-state index contributed by atoms with van der Waals surface area (Å²) >= 11 is 0. The molecular formula is C25H31FN2O3. The van der Waals surface area contributed by atoms with Crippen LogP contribution in [0.1, 0.15) is 43.7 Å². The van der Waals surface area contributed by atoms with Gasteiger partial charge in [0.1, 0.15) is 18.2 Å². The molecule has 2 saturated heterocycles. The summed E-state index contributed by atoms with van der Waals surface area (Å²) in [6.07, 6.45) is 3.65. The van der Waals surface area contributed by atoms with E-state index in [1.54, 1.807) is 12.1 Å². The van der Waals surface area contributed by atoms with E-state index in [9.17, 15) is 9.18 Å².